The van der Waals surface area contributed by atoms with Crippen LogP contribution in [0.4, 0.5) is 0 Å². The Morgan fingerprint density at radius 1 is 1.44 bits per heavy atom. The summed E-state index contributed by atoms with van der Waals surface area (Å²) in [6, 6.07) is 9.97. The van der Waals surface area contributed by atoms with Crippen molar-refractivity contribution in [3.8, 4) is 17.5 Å². The second-order valence-electron chi connectivity index (χ2n) is 3.49. The van der Waals surface area contributed by atoms with Gasteiger partial charge in [0.25, 0.3) is 0 Å². The molecule has 2 aromatic rings. The Hall–Kier alpha value is -2.22. The van der Waals surface area contributed by atoms with Crippen LogP contribution in [-0.4, -0.2) is 20.2 Å². The summed E-state index contributed by atoms with van der Waals surface area (Å²) in [6.45, 7) is 2.50. The Morgan fingerprint density at radius 2 is 2.31 bits per heavy atom. The predicted octanol–water partition coefficient (Wildman–Crippen LogP) is 1.56. The molecule has 0 aliphatic heterocycles. The fourth-order valence-corrected chi connectivity index (χ4v) is 1.39. The molecule has 5 heteroatoms. The molecule has 0 fully saturated rings. The van der Waals surface area contributed by atoms with Gasteiger partial charge < -0.3 is 0 Å². The van der Waals surface area contributed by atoms with Gasteiger partial charge in [0.1, 0.15) is 0 Å². The summed E-state index contributed by atoms with van der Waals surface area (Å²) in [5.74, 6) is 0.599. The monoisotopic (exact) mass is 213 g/mol. The molecule has 16 heavy (non-hydrogen) atoms. The summed E-state index contributed by atoms with van der Waals surface area (Å²) < 4.78 is 0. The van der Waals surface area contributed by atoms with Crippen molar-refractivity contribution in [3.05, 3.63) is 29.8 Å². The summed E-state index contributed by atoms with van der Waals surface area (Å²) in [4.78, 5) is 1.45. The largest absolute Gasteiger partial charge is 0.204 e. The molecule has 5 nitrogen and oxygen atoms in total. The molecule has 1 aromatic heterocycles. The lowest BCUT2D eigenvalue weighted by Crippen LogP contribution is -2.01. The lowest BCUT2D eigenvalue weighted by molar-refractivity contribution is 0.531. The van der Waals surface area contributed by atoms with E-state index in [1.807, 2.05) is 37.3 Å². The predicted molar refractivity (Wildman–Crippen MR) is 58.2 cm³/mol. The van der Waals surface area contributed by atoms with Crippen LogP contribution in [0.25, 0.3) is 11.4 Å². The molecule has 0 aliphatic carbocycles. The zero-order valence-corrected chi connectivity index (χ0v) is 8.96. The molecule has 0 radical (unpaired) electrons. The first kappa shape index (κ1) is 10.3. The van der Waals surface area contributed by atoms with Crippen LogP contribution in [0.5, 0.6) is 0 Å². The molecule has 0 saturated carbocycles. The topological polar surface area (TPSA) is 67.4 Å². The summed E-state index contributed by atoms with van der Waals surface area (Å²) in [5, 5.41) is 20.5. The van der Waals surface area contributed by atoms with Gasteiger partial charge in [0, 0.05) is 5.56 Å². The van der Waals surface area contributed by atoms with Crippen molar-refractivity contribution in [3.63, 3.8) is 0 Å². The van der Waals surface area contributed by atoms with E-state index in [1.165, 1.54) is 4.80 Å². The Morgan fingerprint density at radius 3 is 3.06 bits per heavy atom. The van der Waals surface area contributed by atoms with Crippen LogP contribution in [0.15, 0.2) is 24.3 Å². The molecule has 0 N–H and O–H groups in total. The van der Waals surface area contributed by atoms with Gasteiger partial charge in [-0.05, 0) is 18.2 Å². The maximum atomic E-state index is 8.45. The third kappa shape index (κ3) is 2.23. The molecule has 0 spiro atoms. The standard InChI is InChI=1S/C11H11N5/c1-9-4-2-5-10(8-9)11-13-15-16(14-11)7-3-6-12/h2,4-5,8H,3,7H2,1H3. The number of aromatic nitrogens is 4. The highest BCUT2D eigenvalue weighted by Gasteiger charge is 2.05. The van der Waals surface area contributed by atoms with E-state index < -0.39 is 0 Å². The van der Waals surface area contributed by atoms with Gasteiger partial charge in [-0.2, -0.15) is 10.1 Å². The van der Waals surface area contributed by atoms with Crippen LogP contribution in [0.2, 0.25) is 0 Å². The first-order chi connectivity index (χ1) is 7.79. The Bertz CT molecular complexity index is 523. The van der Waals surface area contributed by atoms with Crippen molar-refractivity contribution < 1.29 is 0 Å². The minimum atomic E-state index is 0.392. The SMILES string of the molecule is Cc1cccc(-c2nnn(CCC#N)n2)c1. The number of hydrogen-bond acceptors (Lipinski definition) is 4. The van der Waals surface area contributed by atoms with E-state index in [9.17, 15) is 0 Å². The van der Waals surface area contributed by atoms with Gasteiger partial charge >= 0.3 is 0 Å². The van der Waals surface area contributed by atoms with Crippen molar-refractivity contribution in [1.82, 2.24) is 20.2 Å². The molecule has 1 heterocycles. The number of nitrogens with zero attached hydrogens (tertiary/aromatic N) is 5. The fraction of sp³-hybridized carbons (Fsp3) is 0.273. The van der Waals surface area contributed by atoms with E-state index in [-0.39, 0.29) is 0 Å². The lowest BCUT2D eigenvalue weighted by atomic mass is 10.1. The van der Waals surface area contributed by atoms with E-state index in [4.69, 9.17) is 5.26 Å². The smallest absolute Gasteiger partial charge is 0.198 e. The number of hydrogen-bond donors (Lipinski definition) is 0. The van der Waals surface area contributed by atoms with Crippen molar-refractivity contribution >= 4 is 0 Å². The second-order valence-corrected chi connectivity index (χ2v) is 3.49. The molecule has 0 amide bonds. The van der Waals surface area contributed by atoms with E-state index in [0.717, 1.165) is 11.1 Å². The molecule has 2 rings (SSSR count). The number of rotatable bonds is 3. The maximum absolute atomic E-state index is 8.45. The summed E-state index contributed by atoms with van der Waals surface area (Å²) >= 11 is 0. The van der Waals surface area contributed by atoms with Gasteiger partial charge in [0.2, 0.25) is 5.82 Å². The van der Waals surface area contributed by atoms with Crippen LogP contribution in [0.3, 0.4) is 0 Å². The molecule has 80 valence electrons. The Labute approximate surface area is 93.3 Å². The van der Waals surface area contributed by atoms with Gasteiger partial charge in [0.15, 0.2) is 0 Å². The normalized spacial score (nSPS) is 10.0. The number of benzene rings is 1. The molecule has 0 saturated heterocycles. The lowest BCUT2D eigenvalue weighted by Gasteiger charge is -1.95. The number of nitriles is 1. The van der Waals surface area contributed by atoms with Gasteiger partial charge in [-0.25, -0.2) is 0 Å². The van der Waals surface area contributed by atoms with Gasteiger partial charge in [-0.15, -0.1) is 10.2 Å². The van der Waals surface area contributed by atoms with Crippen LogP contribution < -0.4 is 0 Å². The highest BCUT2D eigenvalue weighted by Crippen LogP contribution is 2.14. The maximum Gasteiger partial charge on any atom is 0.204 e. The minimum absolute atomic E-state index is 0.392. The van der Waals surface area contributed by atoms with Crippen LogP contribution in [0.1, 0.15) is 12.0 Å². The zero-order valence-electron chi connectivity index (χ0n) is 8.96. The minimum Gasteiger partial charge on any atom is -0.198 e. The quantitative estimate of drug-likeness (QED) is 0.776. The third-order valence-electron chi connectivity index (χ3n) is 2.15. The van der Waals surface area contributed by atoms with Crippen molar-refractivity contribution in [2.75, 3.05) is 0 Å². The Kier molecular flexibility index (Phi) is 2.92. The van der Waals surface area contributed by atoms with Crippen LogP contribution in [0, 0.1) is 18.3 Å². The summed E-state index contributed by atoms with van der Waals surface area (Å²) in [7, 11) is 0. The van der Waals surface area contributed by atoms with E-state index in [0.29, 0.717) is 18.8 Å². The molecular weight excluding hydrogens is 202 g/mol. The van der Waals surface area contributed by atoms with E-state index in [2.05, 4.69) is 15.4 Å². The molecular formula is C11H11N5. The third-order valence-corrected chi connectivity index (χ3v) is 2.15. The molecule has 1 aromatic carbocycles. The summed E-state index contributed by atoms with van der Waals surface area (Å²) in [6.07, 6.45) is 0.392. The van der Waals surface area contributed by atoms with Crippen LogP contribution >= 0.6 is 0 Å². The van der Waals surface area contributed by atoms with Crippen molar-refractivity contribution in [2.24, 2.45) is 0 Å². The first-order valence-corrected chi connectivity index (χ1v) is 5.01. The average Bonchev–Trinajstić information content (AvgIpc) is 2.75. The van der Waals surface area contributed by atoms with E-state index >= 15 is 0 Å². The van der Waals surface area contributed by atoms with E-state index in [1.54, 1.807) is 0 Å². The highest BCUT2D eigenvalue weighted by molar-refractivity contribution is 5.54. The molecule has 0 unspecified atom stereocenters. The Balaban J connectivity index is 2.22. The summed E-state index contributed by atoms with van der Waals surface area (Å²) in [5.41, 5.74) is 2.11. The fourth-order valence-electron chi connectivity index (χ4n) is 1.39. The van der Waals surface area contributed by atoms with Gasteiger partial charge in [-0.3, -0.25) is 0 Å². The van der Waals surface area contributed by atoms with Crippen molar-refractivity contribution in [2.45, 2.75) is 19.9 Å². The molecule has 0 atom stereocenters. The zero-order chi connectivity index (χ0) is 11.4. The van der Waals surface area contributed by atoms with Crippen LogP contribution in [-0.2, 0) is 6.54 Å². The van der Waals surface area contributed by atoms with Gasteiger partial charge in [-0.1, -0.05) is 23.8 Å². The number of tetrazole rings is 1. The van der Waals surface area contributed by atoms with Gasteiger partial charge in [0.05, 0.1) is 19.0 Å². The second kappa shape index (κ2) is 4.53. The number of aryl methyl sites for hydroxylation is 2. The molecule has 0 bridgehead atoms. The highest BCUT2D eigenvalue weighted by atomic mass is 15.6. The average molecular weight is 213 g/mol. The van der Waals surface area contributed by atoms with Crippen molar-refractivity contribution in [1.29, 1.82) is 5.26 Å². The molecule has 0 aliphatic rings. The first-order valence-electron chi connectivity index (χ1n) is 5.01.